The van der Waals surface area contributed by atoms with Crippen molar-refractivity contribution < 1.29 is 18.1 Å². The summed E-state index contributed by atoms with van der Waals surface area (Å²) in [5.74, 6) is 0. The van der Waals surface area contributed by atoms with E-state index in [0.29, 0.717) is 33.1 Å². The van der Waals surface area contributed by atoms with Gasteiger partial charge in [0.05, 0.1) is 29.6 Å². The van der Waals surface area contributed by atoms with E-state index in [9.17, 15) is 0 Å². The topological polar surface area (TPSA) is 21.3 Å². The van der Waals surface area contributed by atoms with Gasteiger partial charge < -0.3 is 13.9 Å². The number of rotatable bonds is 6. The third kappa shape index (κ3) is 4.81. The normalized spacial score (nSPS) is 14.3. The highest BCUT2D eigenvalue weighted by Crippen LogP contribution is 2.47. The van der Waals surface area contributed by atoms with Gasteiger partial charge in [0.15, 0.2) is 5.58 Å². The highest BCUT2D eigenvalue weighted by Gasteiger charge is 2.23. The second kappa shape index (κ2) is 12.4. The zero-order valence-corrected chi connectivity index (χ0v) is 29.2. The van der Waals surface area contributed by atoms with E-state index in [1.165, 1.54) is 0 Å². The van der Waals surface area contributed by atoms with E-state index in [-0.39, 0.29) is 35.4 Å². The smallest absolute Gasteiger partial charge is 0.161 e. The number of thiophene rings is 1. The van der Waals surface area contributed by atoms with Gasteiger partial charge in [-0.15, -0.1) is 11.3 Å². The molecule has 0 amide bonds. The fourth-order valence-corrected chi connectivity index (χ4v) is 8.83. The van der Waals surface area contributed by atoms with Crippen LogP contribution < -0.4 is 4.90 Å². The summed E-state index contributed by atoms with van der Waals surface area (Å²) in [6.07, 6.45) is 0. The molecule has 0 aliphatic carbocycles. The molecule has 11 rings (SSSR count). The van der Waals surface area contributed by atoms with Crippen molar-refractivity contribution in [3.05, 3.63) is 194 Å². The molecule has 0 spiro atoms. The summed E-state index contributed by atoms with van der Waals surface area (Å²) < 4.78 is 95.7. The fraction of sp³-hybridized carbons (Fsp3) is 0. The number of anilines is 3. The van der Waals surface area contributed by atoms with Crippen molar-refractivity contribution >= 4 is 81.5 Å². The van der Waals surface area contributed by atoms with Crippen molar-refractivity contribution in [2.24, 2.45) is 0 Å². The van der Waals surface area contributed by atoms with Gasteiger partial charge in [-0.05, 0) is 83.4 Å². The Labute approximate surface area is 330 Å². The molecule has 3 nitrogen and oxygen atoms in total. The molecule has 3 aromatic heterocycles. The molecule has 0 aliphatic rings. The SMILES string of the molecule is [2H]c1c([2H])c([2H])c(-c2ccc(N(c3cccc(-c4cccc5c4oc4c6ccccc6n(-c6c([2H])c([2H])c([2H])c([2H])c6[2H])c54)c3)c3cccc4c3sc3ccccc34)cc2)c([2H])c1[2H]. The Hall–Kier alpha value is -6.88. The van der Waals surface area contributed by atoms with Crippen LogP contribution >= 0.6 is 11.3 Å². The fourth-order valence-electron chi connectivity index (χ4n) is 7.63. The minimum Gasteiger partial charge on any atom is -0.453 e. The minimum absolute atomic E-state index is 0.0379. The van der Waals surface area contributed by atoms with Crippen molar-refractivity contribution in [2.45, 2.75) is 0 Å². The molecule has 0 fully saturated rings. The van der Waals surface area contributed by atoms with Gasteiger partial charge in [0.1, 0.15) is 11.1 Å². The lowest BCUT2D eigenvalue weighted by atomic mass is 10.0. The van der Waals surface area contributed by atoms with Crippen LogP contribution in [0.5, 0.6) is 0 Å². The molecule has 11 aromatic rings. The summed E-state index contributed by atoms with van der Waals surface area (Å²) in [5.41, 5.74) is 7.12. The molecule has 4 heteroatoms. The van der Waals surface area contributed by atoms with Crippen molar-refractivity contribution in [3.63, 3.8) is 0 Å². The van der Waals surface area contributed by atoms with E-state index in [0.717, 1.165) is 53.7 Å². The molecule has 0 atom stereocenters. The van der Waals surface area contributed by atoms with E-state index in [4.69, 9.17) is 18.1 Å². The molecule has 0 N–H and O–H groups in total. The molecule has 0 bridgehead atoms. The lowest BCUT2D eigenvalue weighted by Gasteiger charge is -2.27. The number of para-hydroxylation sites is 3. The first-order valence-electron chi connectivity index (χ1n) is 22.4. The summed E-state index contributed by atoms with van der Waals surface area (Å²) in [4.78, 5) is 2.16. The second-order valence-electron chi connectivity index (χ2n) is 13.0. The van der Waals surface area contributed by atoms with Crippen molar-refractivity contribution in [1.82, 2.24) is 4.57 Å². The van der Waals surface area contributed by atoms with Crippen molar-refractivity contribution in [3.8, 4) is 27.9 Å². The van der Waals surface area contributed by atoms with E-state index in [1.807, 2.05) is 91.0 Å². The standard InChI is InChI=1S/C50H32N2OS/c1-3-14-33(15-4-1)34-28-30-37(31-29-34)51(45-26-13-23-41-40-20-8-10-27-46(40)54-50(41)45)38-19-11-16-35(32-38)39-22-12-24-43-47-49(53-48(39)43)42-21-7-9-25-44(42)52(47)36-17-5-2-6-18-36/h1-32H/i1D,2D,3D,4D,5D,6D,14D,15D,17D,18D. The molecule has 0 aliphatic heterocycles. The molecule has 0 saturated carbocycles. The lowest BCUT2D eigenvalue weighted by Crippen LogP contribution is -2.10. The third-order valence-corrected chi connectivity index (χ3v) is 11.2. The minimum atomic E-state index is -0.465. The van der Waals surface area contributed by atoms with Crippen LogP contribution in [0, 0.1) is 0 Å². The average molecular weight is 719 g/mol. The number of aromatic nitrogens is 1. The van der Waals surface area contributed by atoms with Gasteiger partial charge in [-0.3, -0.25) is 0 Å². The van der Waals surface area contributed by atoms with Crippen LogP contribution in [0.1, 0.15) is 13.7 Å². The van der Waals surface area contributed by atoms with Crippen LogP contribution in [0.15, 0.2) is 198 Å². The van der Waals surface area contributed by atoms with Crippen molar-refractivity contribution in [1.29, 1.82) is 0 Å². The van der Waals surface area contributed by atoms with Crippen LogP contribution in [0.2, 0.25) is 0 Å². The van der Waals surface area contributed by atoms with Crippen LogP contribution in [0.4, 0.5) is 17.1 Å². The zero-order chi connectivity index (χ0) is 44.3. The Bertz CT molecular complexity index is 3700. The maximum absolute atomic E-state index is 8.92. The van der Waals surface area contributed by atoms with Crippen molar-refractivity contribution in [2.75, 3.05) is 4.90 Å². The van der Waals surface area contributed by atoms with Crippen LogP contribution in [-0.2, 0) is 0 Å². The first-order chi connectivity index (χ1) is 30.9. The van der Waals surface area contributed by atoms with Crippen LogP contribution in [0.25, 0.3) is 81.1 Å². The number of fused-ring (bicyclic) bond motifs is 8. The summed E-state index contributed by atoms with van der Waals surface area (Å²) >= 11 is 1.70. The van der Waals surface area contributed by atoms with Gasteiger partial charge in [0, 0.05) is 48.9 Å². The van der Waals surface area contributed by atoms with Crippen LogP contribution in [0.3, 0.4) is 0 Å². The molecule has 0 unspecified atom stereocenters. The van der Waals surface area contributed by atoms with Crippen LogP contribution in [-0.4, -0.2) is 4.57 Å². The Balaban J connectivity index is 1.12. The number of benzene rings is 8. The molecule has 254 valence electrons. The van der Waals surface area contributed by atoms with E-state index in [2.05, 4.69) is 35.2 Å². The van der Waals surface area contributed by atoms with Gasteiger partial charge in [0.2, 0.25) is 0 Å². The molecule has 3 heterocycles. The molecular formula is C50H32N2OS. The van der Waals surface area contributed by atoms with Gasteiger partial charge >= 0.3 is 0 Å². The number of furan rings is 1. The quantitative estimate of drug-likeness (QED) is 0.171. The Morgan fingerprint density at radius 3 is 2.07 bits per heavy atom. The largest absolute Gasteiger partial charge is 0.453 e. The maximum atomic E-state index is 8.92. The number of hydrogen-bond donors (Lipinski definition) is 0. The predicted octanol–water partition coefficient (Wildman–Crippen LogP) is 14.7. The first-order valence-corrected chi connectivity index (χ1v) is 18.3. The zero-order valence-electron chi connectivity index (χ0n) is 38.4. The van der Waals surface area contributed by atoms with Gasteiger partial charge in [-0.2, -0.15) is 0 Å². The summed E-state index contributed by atoms with van der Waals surface area (Å²) in [6.45, 7) is 0. The Morgan fingerprint density at radius 2 is 1.22 bits per heavy atom. The molecule has 8 aromatic carbocycles. The Morgan fingerprint density at radius 1 is 0.519 bits per heavy atom. The molecule has 0 radical (unpaired) electrons. The highest BCUT2D eigenvalue weighted by molar-refractivity contribution is 7.26. The molecule has 54 heavy (non-hydrogen) atoms. The van der Waals surface area contributed by atoms with Gasteiger partial charge in [-0.25, -0.2) is 0 Å². The van der Waals surface area contributed by atoms with E-state index in [1.54, 1.807) is 28.0 Å². The van der Waals surface area contributed by atoms with Gasteiger partial charge in [0.25, 0.3) is 0 Å². The predicted molar refractivity (Wildman–Crippen MR) is 229 cm³/mol. The highest BCUT2D eigenvalue weighted by atomic mass is 32.1. The average Bonchev–Trinajstić information content (AvgIpc) is 4.00. The lowest BCUT2D eigenvalue weighted by molar-refractivity contribution is 0.674. The first kappa shape index (κ1) is 22.2. The summed E-state index contributed by atoms with van der Waals surface area (Å²) in [6, 6.07) is 39.6. The number of hydrogen-bond acceptors (Lipinski definition) is 3. The summed E-state index contributed by atoms with van der Waals surface area (Å²) in [7, 11) is 0. The summed E-state index contributed by atoms with van der Waals surface area (Å²) in [5, 5.41) is 3.69. The maximum Gasteiger partial charge on any atom is 0.161 e. The Kier molecular flexibility index (Phi) is 5.10. The number of nitrogens with zero attached hydrogens (tertiary/aromatic N) is 2. The van der Waals surface area contributed by atoms with E-state index >= 15 is 0 Å². The second-order valence-corrected chi connectivity index (χ2v) is 14.0. The third-order valence-electron chi connectivity index (χ3n) is 9.97. The monoisotopic (exact) mass is 718 g/mol. The van der Waals surface area contributed by atoms with Gasteiger partial charge in [-0.1, -0.05) is 127 Å². The van der Waals surface area contributed by atoms with E-state index < -0.39 is 36.3 Å². The molecular weight excluding hydrogens is 677 g/mol. The molecule has 0 saturated heterocycles.